The van der Waals surface area contributed by atoms with Crippen LogP contribution in [0, 0.1) is 0 Å². The van der Waals surface area contributed by atoms with Gasteiger partial charge >= 0.3 is 0 Å². The summed E-state index contributed by atoms with van der Waals surface area (Å²) in [7, 11) is 2.20. The molecule has 4 heteroatoms. The smallest absolute Gasteiger partial charge is 0.124 e. The molecule has 0 radical (unpaired) electrons. The van der Waals surface area contributed by atoms with Crippen molar-refractivity contribution in [3.8, 4) is 5.75 Å². The molecule has 0 aromatic heterocycles. The number of unbranched alkanes of at least 4 members (excludes halogenated alkanes) is 1. The minimum atomic E-state index is 0.425. The maximum absolute atomic E-state index is 5.73. The van der Waals surface area contributed by atoms with Crippen LogP contribution in [-0.4, -0.2) is 37.7 Å². The molecule has 1 unspecified atom stereocenters. The maximum Gasteiger partial charge on any atom is 0.124 e. The first-order valence-electron chi connectivity index (χ1n) is 7.94. The molecule has 1 N–H and O–H groups in total. The number of ether oxygens (including phenoxy) is 1. The summed E-state index contributed by atoms with van der Waals surface area (Å²) < 4.78 is 6.85. The van der Waals surface area contributed by atoms with E-state index in [1.165, 1.54) is 24.9 Å². The summed E-state index contributed by atoms with van der Waals surface area (Å²) in [6, 6.07) is 7.35. The molecule has 1 aromatic rings. The Bertz CT molecular complexity index is 450. The highest BCUT2D eigenvalue weighted by Crippen LogP contribution is 2.33. The van der Waals surface area contributed by atoms with Gasteiger partial charge in [0.2, 0.25) is 0 Å². The van der Waals surface area contributed by atoms with Crippen molar-refractivity contribution in [1.82, 2.24) is 10.2 Å². The molecule has 0 aliphatic carbocycles. The lowest BCUT2D eigenvalue weighted by atomic mass is 10.0. The van der Waals surface area contributed by atoms with Crippen molar-refractivity contribution in [3.05, 3.63) is 28.2 Å². The van der Waals surface area contributed by atoms with Crippen molar-refractivity contribution in [1.29, 1.82) is 0 Å². The van der Waals surface area contributed by atoms with E-state index in [1.807, 2.05) is 6.07 Å². The number of benzene rings is 1. The van der Waals surface area contributed by atoms with Crippen LogP contribution in [-0.2, 0) is 0 Å². The lowest BCUT2D eigenvalue weighted by Gasteiger charge is -2.27. The quantitative estimate of drug-likeness (QED) is 0.749. The minimum Gasteiger partial charge on any atom is -0.493 e. The van der Waals surface area contributed by atoms with Crippen molar-refractivity contribution >= 4 is 15.9 Å². The predicted molar refractivity (Wildman–Crippen MR) is 92.0 cm³/mol. The summed E-state index contributed by atoms with van der Waals surface area (Å²) in [5.41, 5.74) is 1.29. The second kappa shape index (κ2) is 8.16. The topological polar surface area (TPSA) is 24.5 Å². The van der Waals surface area contributed by atoms with Gasteiger partial charge in [-0.3, -0.25) is 0 Å². The Morgan fingerprint density at radius 1 is 1.38 bits per heavy atom. The van der Waals surface area contributed by atoms with Crippen LogP contribution in [0.3, 0.4) is 0 Å². The van der Waals surface area contributed by atoms with Crippen LogP contribution in [0.4, 0.5) is 0 Å². The SMILES string of the molecule is CC(C)N(C)CCCCNC1CCOc2ccc(Br)cc21. The highest BCUT2D eigenvalue weighted by atomic mass is 79.9. The van der Waals surface area contributed by atoms with Gasteiger partial charge in [0.25, 0.3) is 0 Å². The molecule has 0 spiro atoms. The first kappa shape index (κ1) is 16.8. The van der Waals surface area contributed by atoms with Crippen LogP contribution in [0.25, 0.3) is 0 Å². The van der Waals surface area contributed by atoms with Crippen molar-refractivity contribution < 1.29 is 4.74 Å². The summed E-state index contributed by atoms with van der Waals surface area (Å²) in [5, 5.41) is 3.69. The molecule has 3 nitrogen and oxygen atoms in total. The number of nitrogens with one attached hydrogen (secondary N) is 1. The molecule has 0 saturated heterocycles. The first-order valence-corrected chi connectivity index (χ1v) is 8.73. The lowest BCUT2D eigenvalue weighted by molar-refractivity contribution is 0.248. The van der Waals surface area contributed by atoms with Gasteiger partial charge in [-0.25, -0.2) is 0 Å². The third kappa shape index (κ3) is 4.97. The van der Waals surface area contributed by atoms with Gasteiger partial charge in [-0.2, -0.15) is 0 Å². The van der Waals surface area contributed by atoms with Crippen LogP contribution in [0.15, 0.2) is 22.7 Å². The number of hydrogen-bond donors (Lipinski definition) is 1. The number of hydrogen-bond acceptors (Lipinski definition) is 3. The monoisotopic (exact) mass is 354 g/mol. The van der Waals surface area contributed by atoms with E-state index in [4.69, 9.17) is 4.74 Å². The van der Waals surface area contributed by atoms with Crippen LogP contribution in [0.2, 0.25) is 0 Å². The molecule has 118 valence electrons. The van der Waals surface area contributed by atoms with E-state index < -0.39 is 0 Å². The van der Waals surface area contributed by atoms with Gasteiger partial charge in [-0.1, -0.05) is 15.9 Å². The summed E-state index contributed by atoms with van der Waals surface area (Å²) in [6.45, 7) is 7.55. The largest absolute Gasteiger partial charge is 0.493 e. The molecule has 1 atom stereocenters. The molecule has 1 aliphatic rings. The van der Waals surface area contributed by atoms with E-state index in [-0.39, 0.29) is 0 Å². The van der Waals surface area contributed by atoms with E-state index >= 15 is 0 Å². The summed E-state index contributed by atoms with van der Waals surface area (Å²) in [6.07, 6.45) is 3.52. The van der Waals surface area contributed by atoms with Crippen LogP contribution >= 0.6 is 15.9 Å². The van der Waals surface area contributed by atoms with E-state index in [1.54, 1.807) is 0 Å². The molecule has 1 heterocycles. The first-order chi connectivity index (χ1) is 10.1. The number of fused-ring (bicyclic) bond motifs is 1. The van der Waals surface area contributed by atoms with E-state index in [2.05, 4.69) is 59.2 Å². The molecule has 0 amide bonds. The molecular weight excluding hydrogens is 328 g/mol. The molecule has 21 heavy (non-hydrogen) atoms. The standard InChI is InChI=1S/C17H27BrN2O/c1-13(2)20(3)10-5-4-9-19-16-8-11-21-17-7-6-14(18)12-15(16)17/h6-7,12-13,16,19H,4-5,8-11H2,1-3H3. The average molecular weight is 355 g/mol. The molecule has 1 aromatic carbocycles. The Morgan fingerprint density at radius 2 is 2.19 bits per heavy atom. The van der Waals surface area contributed by atoms with Crippen molar-refractivity contribution in [3.63, 3.8) is 0 Å². The van der Waals surface area contributed by atoms with Crippen LogP contribution < -0.4 is 10.1 Å². The fourth-order valence-corrected chi connectivity index (χ4v) is 2.98. The zero-order valence-electron chi connectivity index (χ0n) is 13.4. The number of nitrogens with zero attached hydrogens (tertiary/aromatic N) is 1. The maximum atomic E-state index is 5.73. The summed E-state index contributed by atoms with van der Waals surface area (Å²) in [4.78, 5) is 2.40. The third-order valence-electron chi connectivity index (χ3n) is 4.22. The minimum absolute atomic E-state index is 0.425. The highest BCUT2D eigenvalue weighted by molar-refractivity contribution is 9.10. The second-order valence-electron chi connectivity index (χ2n) is 6.11. The fourth-order valence-electron chi connectivity index (χ4n) is 2.60. The van der Waals surface area contributed by atoms with Gasteiger partial charge in [-0.15, -0.1) is 0 Å². The zero-order chi connectivity index (χ0) is 15.2. The molecule has 0 saturated carbocycles. The molecule has 2 rings (SSSR count). The van der Waals surface area contributed by atoms with Gasteiger partial charge in [0, 0.05) is 28.5 Å². The Balaban J connectivity index is 1.76. The number of halogens is 1. The van der Waals surface area contributed by atoms with E-state index in [9.17, 15) is 0 Å². The summed E-state index contributed by atoms with van der Waals surface area (Å²) in [5.74, 6) is 1.03. The van der Waals surface area contributed by atoms with E-state index in [0.717, 1.165) is 29.8 Å². The Morgan fingerprint density at radius 3 is 2.95 bits per heavy atom. The predicted octanol–water partition coefficient (Wildman–Crippen LogP) is 3.98. The van der Waals surface area contributed by atoms with Crippen molar-refractivity contribution in [2.24, 2.45) is 0 Å². The molecule has 0 fully saturated rings. The summed E-state index contributed by atoms with van der Waals surface area (Å²) >= 11 is 3.55. The Hall–Kier alpha value is -0.580. The second-order valence-corrected chi connectivity index (χ2v) is 7.02. The molecular formula is C17H27BrN2O. The fraction of sp³-hybridized carbons (Fsp3) is 0.647. The van der Waals surface area contributed by atoms with Gasteiger partial charge in [0.15, 0.2) is 0 Å². The normalized spacial score (nSPS) is 17.9. The van der Waals surface area contributed by atoms with E-state index in [0.29, 0.717) is 12.1 Å². The van der Waals surface area contributed by atoms with Crippen LogP contribution in [0.1, 0.15) is 44.7 Å². The zero-order valence-corrected chi connectivity index (χ0v) is 14.9. The number of rotatable bonds is 7. The van der Waals surface area contributed by atoms with Gasteiger partial charge in [-0.05, 0) is 65.0 Å². The third-order valence-corrected chi connectivity index (χ3v) is 4.71. The molecule has 0 bridgehead atoms. The Labute approximate surface area is 137 Å². The molecule has 1 aliphatic heterocycles. The van der Waals surface area contributed by atoms with Crippen molar-refractivity contribution in [2.75, 3.05) is 26.7 Å². The Kier molecular flexibility index (Phi) is 6.52. The van der Waals surface area contributed by atoms with Gasteiger partial charge in [0.05, 0.1) is 6.61 Å². The van der Waals surface area contributed by atoms with Crippen LogP contribution in [0.5, 0.6) is 5.75 Å². The average Bonchev–Trinajstić information content (AvgIpc) is 2.46. The van der Waals surface area contributed by atoms with Crippen molar-refractivity contribution in [2.45, 2.75) is 45.2 Å². The lowest BCUT2D eigenvalue weighted by Crippen LogP contribution is -2.30. The highest BCUT2D eigenvalue weighted by Gasteiger charge is 2.20. The van der Waals surface area contributed by atoms with Gasteiger partial charge < -0.3 is 15.0 Å². The van der Waals surface area contributed by atoms with Gasteiger partial charge in [0.1, 0.15) is 5.75 Å².